The van der Waals surface area contributed by atoms with E-state index in [1.165, 1.54) is 4.40 Å². The molecule has 5 rings (SSSR count). The van der Waals surface area contributed by atoms with Gasteiger partial charge in [0.1, 0.15) is 5.65 Å². The summed E-state index contributed by atoms with van der Waals surface area (Å²) in [6.45, 7) is 0. The monoisotopic (exact) mass is 454 g/mol. The molecule has 1 aliphatic carbocycles. The predicted molar refractivity (Wildman–Crippen MR) is 110 cm³/mol. The van der Waals surface area contributed by atoms with Crippen molar-refractivity contribution < 1.29 is 0 Å². The number of pyridine rings is 2. The van der Waals surface area contributed by atoms with E-state index in [9.17, 15) is 4.79 Å². The zero-order chi connectivity index (χ0) is 19.1. The lowest BCUT2D eigenvalue weighted by molar-refractivity contribution is 0.669. The van der Waals surface area contributed by atoms with Crippen LogP contribution >= 0.6 is 27.7 Å². The molecule has 0 radical (unpaired) electrons. The van der Waals surface area contributed by atoms with E-state index in [-0.39, 0.29) is 5.56 Å². The second kappa shape index (κ2) is 7.14. The number of rotatable bonds is 5. The fraction of sp³-hybridized carbons (Fsp3) is 0.211. The Morgan fingerprint density at radius 2 is 2.11 bits per heavy atom. The van der Waals surface area contributed by atoms with Gasteiger partial charge in [0.25, 0.3) is 5.56 Å². The average molecular weight is 455 g/mol. The first-order valence-corrected chi connectivity index (χ1v) is 10.6. The highest BCUT2D eigenvalue weighted by Gasteiger charge is 2.30. The van der Waals surface area contributed by atoms with Crippen LogP contribution in [0.15, 0.2) is 63.3 Å². The Balaban J connectivity index is 1.45. The summed E-state index contributed by atoms with van der Waals surface area (Å²) in [5.74, 6) is 1.40. The first-order chi connectivity index (χ1) is 13.7. The second-order valence-electron chi connectivity index (χ2n) is 6.60. The highest BCUT2D eigenvalue weighted by atomic mass is 79.9. The first kappa shape index (κ1) is 17.6. The molecule has 0 unspecified atom stereocenters. The molecular weight excluding hydrogens is 440 g/mol. The van der Waals surface area contributed by atoms with Gasteiger partial charge in [-0.25, -0.2) is 4.98 Å². The number of fused-ring (bicyclic) bond motifs is 1. The van der Waals surface area contributed by atoms with Crippen LogP contribution in [0, 0.1) is 0 Å². The van der Waals surface area contributed by atoms with E-state index in [0.717, 1.165) is 39.6 Å². The van der Waals surface area contributed by atoms with Gasteiger partial charge in [-0.15, -0.1) is 10.2 Å². The van der Waals surface area contributed by atoms with E-state index in [0.29, 0.717) is 17.4 Å². The molecule has 140 valence electrons. The summed E-state index contributed by atoms with van der Waals surface area (Å²) in [5, 5.41) is 9.64. The highest BCUT2D eigenvalue weighted by molar-refractivity contribution is 9.10. The van der Waals surface area contributed by atoms with Crippen molar-refractivity contribution in [1.29, 1.82) is 0 Å². The molecule has 0 saturated heterocycles. The van der Waals surface area contributed by atoms with E-state index in [1.807, 2.05) is 24.3 Å². The molecule has 1 fully saturated rings. The molecule has 1 aliphatic rings. The molecule has 0 aromatic carbocycles. The smallest absolute Gasteiger partial charge is 0.258 e. The summed E-state index contributed by atoms with van der Waals surface area (Å²) in [6.07, 6.45) is 7.54. The molecule has 4 heterocycles. The van der Waals surface area contributed by atoms with Crippen molar-refractivity contribution in [3.05, 3.63) is 69.4 Å². The van der Waals surface area contributed by atoms with Crippen LogP contribution in [0.4, 0.5) is 0 Å². The summed E-state index contributed by atoms with van der Waals surface area (Å²) in [6, 6.07) is 9.61. The number of thioether (sulfide) groups is 1. The predicted octanol–water partition coefficient (Wildman–Crippen LogP) is 3.74. The molecule has 0 atom stereocenters. The normalized spacial score (nSPS) is 13.9. The van der Waals surface area contributed by atoms with Crippen LogP contribution in [0.2, 0.25) is 0 Å². The number of aromatic nitrogens is 6. The Labute approximate surface area is 173 Å². The minimum atomic E-state index is -0.0957. The largest absolute Gasteiger partial charge is 0.299 e. The molecule has 0 amide bonds. The maximum atomic E-state index is 12.4. The zero-order valence-electron chi connectivity index (χ0n) is 14.7. The molecule has 0 N–H and O–H groups in total. The molecule has 0 spiro atoms. The van der Waals surface area contributed by atoms with E-state index >= 15 is 0 Å². The lowest BCUT2D eigenvalue weighted by Crippen LogP contribution is -2.15. The van der Waals surface area contributed by atoms with E-state index < -0.39 is 0 Å². The quantitative estimate of drug-likeness (QED) is 0.427. The third-order valence-electron chi connectivity index (χ3n) is 4.52. The van der Waals surface area contributed by atoms with Gasteiger partial charge in [0.05, 0.1) is 5.69 Å². The zero-order valence-corrected chi connectivity index (χ0v) is 17.1. The SMILES string of the molecule is O=c1cc(CSc2nnc(-c3cccnc3)n2C2CC2)nc2ccc(Br)cn12. The van der Waals surface area contributed by atoms with Gasteiger partial charge < -0.3 is 0 Å². The third kappa shape index (κ3) is 3.35. The topological polar surface area (TPSA) is 78.0 Å². The minimum Gasteiger partial charge on any atom is -0.299 e. The molecule has 28 heavy (non-hydrogen) atoms. The molecule has 1 saturated carbocycles. The summed E-state index contributed by atoms with van der Waals surface area (Å²) in [5.41, 5.74) is 2.22. The first-order valence-electron chi connectivity index (χ1n) is 8.85. The standard InChI is InChI=1S/C19H15BrN6OS/c20-13-3-6-16-22-14(8-17(27)25(16)10-13)11-28-19-24-23-18(26(19)15-4-5-15)12-2-1-7-21-9-12/h1-3,6-10,15H,4-5,11H2. The Bertz CT molecular complexity index is 1220. The fourth-order valence-corrected chi connectivity index (χ4v) is 4.30. The molecule has 7 nitrogen and oxygen atoms in total. The van der Waals surface area contributed by atoms with Crippen molar-refractivity contribution in [2.45, 2.75) is 29.8 Å². The molecular formula is C19H15BrN6OS. The summed E-state index contributed by atoms with van der Waals surface area (Å²) in [4.78, 5) is 21.2. The maximum Gasteiger partial charge on any atom is 0.258 e. The van der Waals surface area contributed by atoms with Gasteiger partial charge >= 0.3 is 0 Å². The van der Waals surface area contributed by atoms with Gasteiger partial charge in [-0.1, -0.05) is 11.8 Å². The number of hydrogen-bond donors (Lipinski definition) is 0. The van der Waals surface area contributed by atoms with Gasteiger partial charge in [0.2, 0.25) is 0 Å². The van der Waals surface area contributed by atoms with Crippen molar-refractivity contribution in [3.63, 3.8) is 0 Å². The van der Waals surface area contributed by atoms with Crippen LogP contribution in [-0.2, 0) is 5.75 Å². The Hall–Kier alpha value is -2.52. The van der Waals surface area contributed by atoms with E-state index in [2.05, 4.69) is 40.7 Å². The van der Waals surface area contributed by atoms with Crippen molar-refractivity contribution in [2.24, 2.45) is 0 Å². The molecule has 9 heteroatoms. The number of hydrogen-bond acceptors (Lipinski definition) is 6. The average Bonchev–Trinajstić information content (AvgIpc) is 3.46. The van der Waals surface area contributed by atoms with Crippen molar-refractivity contribution in [3.8, 4) is 11.4 Å². The Kier molecular flexibility index (Phi) is 4.48. The summed E-state index contributed by atoms with van der Waals surface area (Å²) in [7, 11) is 0. The van der Waals surface area contributed by atoms with Gasteiger partial charge in [-0.05, 0) is 53.0 Å². The van der Waals surface area contributed by atoms with Gasteiger partial charge in [-0.2, -0.15) is 0 Å². The van der Waals surface area contributed by atoms with Crippen LogP contribution in [-0.4, -0.2) is 29.1 Å². The van der Waals surface area contributed by atoms with Crippen LogP contribution in [0.1, 0.15) is 24.6 Å². The molecule has 4 aromatic rings. The fourth-order valence-electron chi connectivity index (χ4n) is 3.07. The molecule has 0 bridgehead atoms. The van der Waals surface area contributed by atoms with E-state index in [1.54, 1.807) is 36.4 Å². The lowest BCUT2D eigenvalue weighted by Gasteiger charge is -2.09. The van der Waals surface area contributed by atoms with Crippen molar-refractivity contribution in [1.82, 2.24) is 29.1 Å². The van der Waals surface area contributed by atoms with Gasteiger partial charge in [0.15, 0.2) is 11.0 Å². The minimum absolute atomic E-state index is 0.0957. The highest BCUT2D eigenvalue weighted by Crippen LogP contribution is 2.41. The lowest BCUT2D eigenvalue weighted by atomic mass is 10.3. The third-order valence-corrected chi connectivity index (χ3v) is 5.97. The van der Waals surface area contributed by atoms with E-state index in [4.69, 9.17) is 0 Å². The van der Waals surface area contributed by atoms with Crippen LogP contribution in [0.5, 0.6) is 0 Å². The van der Waals surface area contributed by atoms with Crippen LogP contribution < -0.4 is 5.56 Å². The molecule has 0 aliphatic heterocycles. The van der Waals surface area contributed by atoms with Crippen molar-refractivity contribution >= 4 is 33.3 Å². The number of halogens is 1. The van der Waals surface area contributed by atoms with Gasteiger partial charge in [0, 0.05) is 46.5 Å². The van der Waals surface area contributed by atoms with Crippen LogP contribution in [0.25, 0.3) is 17.0 Å². The van der Waals surface area contributed by atoms with Crippen LogP contribution in [0.3, 0.4) is 0 Å². The maximum absolute atomic E-state index is 12.4. The van der Waals surface area contributed by atoms with Crippen molar-refractivity contribution in [2.75, 3.05) is 0 Å². The Morgan fingerprint density at radius 3 is 2.89 bits per heavy atom. The second-order valence-corrected chi connectivity index (χ2v) is 8.46. The summed E-state index contributed by atoms with van der Waals surface area (Å²) >= 11 is 4.93. The molecule has 4 aromatic heterocycles. The summed E-state index contributed by atoms with van der Waals surface area (Å²) < 4.78 is 4.56. The number of nitrogens with zero attached hydrogens (tertiary/aromatic N) is 6. The Morgan fingerprint density at radius 1 is 1.21 bits per heavy atom. The van der Waals surface area contributed by atoms with Gasteiger partial charge in [-0.3, -0.25) is 18.7 Å².